The second kappa shape index (κ2) is 16.8. The Balaban J connectivity index is 1.47. The van der Waals surface area contributed by atoms with Crippen LogP contribution < -0.4 is 20.7 Å². The monoisotopic (exact) mass is 685 g/mol. The Morgan fingerprint density at radius 3 is 2.55 bits per heavy atom. The zero-order valence-corrected chi connectivity index (χ0v) is 28.9. The summed E-state index contributed by atoms with van der Waals surface area (Å²) in [7, 11) is 5.03. The Bertz CT molecular complexity index is 1660. The standard InChI is InChI=1S/C36H46F3N5O5/c1-23(2)35(46)49-27(21-47-5)19-41-34(45)25-12-13-31(33(17-25)48-6)40-15-8-9-26-18-28-30(42-29-14-16-43(4)20-24(29)3)10-7-11-32(28)44(26)22-36(37,38)39/h7,10-13,17-18,23-24,27,29,40,42H,14-16,19-22H2,1-6H3,(H,41,45)/t24-,27?,29+/m0/s1. The predicted octanol–water partition coefficient (Wildman–Crippen LogP) is 5.37. The molecule has 0 aliphatic carbocycles. The number of ether oxygens (including phenoxy) is 3. The molecule has 49 heavy (non-hydrogen) atoms. The molecule has 10 nitrogen and oxygen atoms in total. The number of carbonyl (C=O) groups is 2. The first-order valence-corrected chi connectivity index (χ1v) is 16.3. The van der Waals surface area contributed by atoms with Crippen LogP contribution in [-0.4, -0.2) is 93.7 Å². The Kier molecular flexibility index (Phi) is 12.8. The quantitative estimate of drug-likeness (QED) is 0.163. The number of hydrogen-bond acceptors (Lipinski definition) is 8. The maximum atomic E-state index is 13.7. The van der Waals surface area contributed by atoms with Crippen molar-refractivity contribution < 1.29 is 37.0 Å². The van der Waals surface area contributed by atoms with Gasteiger partial charge in [-0.05, 0) is 68.2 Å². The fraction of sp³-hybridized carbons (Fsp3) is 0.500. The van der Waals surface area contributed by atoms with Crippen LogP contribution in [0.2, 0.25) is 0 Å². The van der Waals surface area contributed by atoms with Crippen molar-refractivity contribution in [3.8, 4) is 17.6 Å². The summed E-state index contributed by atoms with van der Waals surface area (Å²) in [5.74, 6) is 5.52. The molecule has 13 heteroatoms. The van der Waals surface area contributed by atoms with E-state index < -0.39 is 30.7 Å². The van der Waals surface area contributed by atoms with Crippen LogP contribution in [0.3, 0.4) is 0 Å². The van der Waals surface area contributed by atoms with E-state index in [9.17, 15) is 22.8 Å². The lowest BCUT2D eigenvalue weighted by atomic mass is 9.94. The number of nitrogens with zero attached hydrogens (tertiary/aromatic N) is 2. The Morgan fingerprint density at radius 1 is 1.10 bits per heavy atom. The van der Waals surface area contributed by atoms with Gasteiger partial charge in [-0.15, -0.1) is 0 Å². The van der Waals surface area contributed by atoms with Crippen molar-refractivity contribution in [2.75, 3.05) is 64.7 Å². The van der Waals surface area contributed by atoms with E-state index in [-0.39, 0.29) is 37.4 Å². The highest BCUT2D eigenvalue weighted by molar-refractivity contribution is 5.95. The maximum Gasteiger partial charge on any atom is 0.406 e. The Labute approximate surface area is 285 Å². The lowest BCUT2D eigenvalue weighted by molar-refractivity contribution is -0.155. The summed E-state index contributed by atoms with van der Waals surface area (Å²) in [4.78, 5) is 27.1. The first-order valence-electron chi connectivity index (χ1n) is 16.3. The van der Waals surface area contributed by atoms with Gasteiger partial charge in [0.25, 0.3) is 5.91 Å². The van der Waals surface area contributed by atoms with Gasteiger partial charge in [0.1, 0.15) is 18.4 Å². The predicted molar refractivity (Wildman–Crippen MR) is 184 cm³/mol. The number of anilines is 2. The number of carbonyl (C=O) groups excluding carboxylic acids is 2. The van der Waals surface area contributed by atoms with Crippen LogP contribution in [0, 0.1) is 23.7 Å². The third-order valence-corrected chi connectivity index (χ3v) is 8.38. The fourth-order valence-electron chi connectivity index (χ4n) is 5.81. The number of alkyl halides is 3. The number of fused-ring (bicyclic) bond motifs is 1. The minimum atomic E-state index is -4.43. The molecule has 2 aromatic carbocycles. The van der Waals surface area contributed by atoms with E-state index in [2.05, 4.69) is 46.7 Å². The normalized spacial score (nSPS) is 17.3. The number of benzene rings is 2. The Morgan fingerprint density at radius 2 is 1.88 bits per heavy atom. The molecule has 1 aliphatic rings. The van der Waals surface area contributed by atoms with Gasteiger partial charge >= 0.3 is 12.1 Å². The van der Waals surface area contributed by atoms with Crippen molar-refractivity contribution in [3.05, 3.63) is 53.7 Å². The van der Waals surface area contributed by atoms with Gasteiger partial charge in [-0.3, -0.25) is 9.59 Å². The van der Waals surface area contributed by atoms with E-state index in [1.807, 2.05) is 6.07 Å². The van der Waals surface area contributed by atoms with Crippen LogP contribution in [0.15, 0.2) is 42.5 Å². The molecule has 1 saturated heterocycles. The highest BCUT2D eigenvalue weighted by Gasteiger charge is 2.30. The number of halogens is 3. The molecular weight excluding hydrogens is 639 g/mol. The van der Waals surface area contributed by atoms with Crippen LogP contribution in [0.25, 0.3) is 10.9 Å². The third kappa shape index (κ3) is 10.3. The van der Waals surface area contributed by atoms with Gasteiger partial charge in [0.2, 0.25) is 0 Å². The van der Waals surface area contributed by atoms with Crippen LogP contribution in [-0.2, 0) is 20.8 Å². The van der Waals surface area contributed by atoms with E-state index in [1.54, 1.807) is 50.2 Å². The molecule has 0 spiro atoms. The minimum absolute atomic E-state index is 0.0585. The maximum absolute atomic E-state index is 13.7. The van der Waals surface area contributed by atoms with Crippen LogP contribution >= 0.6 is 0 Å². The second-order valence-electron chi connectivity index (χ2n) is 12.7. The molecule has 0 radical (unpaired) electrons. The Hall–Kier alpha value is -4.41. The highest BCUT2D eigenvalue weighted by atomic mass is 19.4. The zero-order valence-electron chi connectivity index (χ0n) is 28.9. The molecule has 1 aromatic heterocycles. The average Bonchev–Trinajstić information content (AvgIpc) is 3.39. The van der Waals surface area contributed by atoms with Gasteiger partial charge in [0.15, 0.2) is 0 Å². The molecular formula is C36H46F3N5O5. The van der Waals surface area contributed by atoms with Crippen LogP contribution in [0.1, 0.15) is 43.2 Å². The number of esters is 1. The van der Waals surface area contributed by atoms with Gasteiger partial charge in [0.05, 0.1) is 49.6 Å². The molecule has 1 amide bonds. The molecule has 2 heterocycles. The molecule has 266 valence electrons. The van der Waals surface area contributed by atoms with Crippen LogP contribution in [0.4, 0.5) is 24.5 Å². The first kappa shape index (κ1) is 37.4. The summed E-state index contributed by atoms with van der Waals surface area (Å²) in [5.41, 5.74) is 2.37. The molecule has 0 bridgehead atoms. The number of nitrogens with one attached hydrogen (secondary N) is 3. The van der Waals surface area contributed by atoms with Gasteiger partial charge in [-0.25, -0.2) is 0 Å². The molecule has 1 aliphatic heterocycles. The van der Waals surface area contributed by atoms with Crippen molar-refractivity contribution >= 4 is 34.2 Å². The molecule has 3 atom stereocenters. The minimum Gasteiger partial charge on any atom is -0.495 e. The summed E-state index contributed by atoms with van der Waals surface area (Å²) in [6.45, 7) is 6.63. The average molecular weight is 686 g/mol. The summed E-state index contributed by atoms with van der Waals surface area (Å²) in [5, 5.41) is 10.2. The lowest BCUT2D eigenvalue weighted by Crippen LogP contribution is -2.43. The summed E-state index contributed by atoms with van der Waals surface area (Å²) in [6, 6.07) is 12.1. The van der Waals surface area contributed by atoms with Crippen molar-refractivity contribution in [1.29, 1.82) is 0 Å². The molecule has 4 rings (SSSR count). The second-order valence-corrected chi connectivity index (χ2v) is 12.7. The van der Waals surface area contributed by atoms with Gasteiger partial charge in [0, 0.05) is 36.3 Å². The van der Waals surface area contributed by atoms with Crippen molar-refractivity contribution in [2.45, 2.75) is 52.1 Å². The van der Waals surface area contributed by atoms with E-state index >= 15 is 0 Å². The fourth-order valence-corrected chi connectivity index (χ4v) is 5.81. The van der Waals surface area contributed by atoms with E-state index in [0.717, 1.165) is 25.2 Å². The summed E-state index contributed by atoms with van der Waals surface area (Å²) < 4.78 is 58.3. The van der Waals surface area contributed by atoms with E-state index in [4.69, 9.17) is 14.2 Å². The van der Waals surface area contributed by atoms with E-state index in [0.29, 0.717) is 33.8 Å². The molecule has 1 unspecified atom stereocenters. The number of methoxy groups -OCH3 is 2. The zero-order chi connectivity index (χ0) is 35.7. The largest absolute Gasteiger partial charge is 0.495 e. The first-order chi connectivity index (χ1) is 23.3. The summed E-state index contributed by atoms with van der Waals surface area (Å²) >= 11 is 0. The molecule has 0 saturated carbocycles. The third-order valence-electron chi connectivity index (χ3n) is 8.38. The number of hydrogen-bond donors (Lipinski definition) is 3. The van der Waals surface area contributed by atoms with Gasteiger partial charge < -0.3 is 39.6 Å². The van der Waals surface area contributed by atoms with Crippen molar-refractivity contribution in [1.82, 2.24) is 14.8 Å². The summed E-state index contributed by atoms with van der Waals surface area (Å²) in [6.07, 6.45) is -4.14. The topological polar surface area (TPSA) is 106 Å². The molecule has 3 aromatic rings. The number of piperidine rings is 1. The van der Waals surface area contributed by atoms with E-state index in [1.165, 1.54) is 18.8 Å². The number of likely N-dealkylation sites (tertiary alicyclic amines) is 1. The molecule has 3 N–H and O–H groups in total. The van der Waals surface area contributed by atoms with Crippen molar-refractivity contribution in [2.24, 2.45) is 11.8 Å². The molecule has 1 fully saturated rings. The smallest absolute Gasteiger partial charge is 0.406 e. The lowest BCUT2D eigenvalue weighted by Gasteiger charge is -2.36. The SMILES string of the molecule is COCC(CNC(=O)c1ccc(NCC#Cc2cc3c(N[C@@H]4CCN(C)C[C@@H]4C)cccc3n2CC(F)(F)F)c(OC)c1)OC(=O)C(C)C. The highest BCUT2D eigenvalue weighted by Crippen LogP contribution is 2.32. The number of rotatable bonds is 13. The van der Waals surface area contributed by atoms with Gasteiger partial charge in [-0.1, -0.05) is 32.8 Å². The van der Waals surface area contributed by atoms with Crippen molar-refractivity contribution in [3.63, 3.8) is 0 Å². The number of amides is 1. The van der Waals surface area contributed by atoms with Crippen LogP contribution in [0.5, 0.6) is 5.75 Å². The van der Waals surface area contributed by atoms with Gasteiger partial charge in [-0.2, -0.15) is 13.2 Å². The number of aromatic nitrogens is 1.